The van der Waals surface area contributed by atoms with Crippen molar-refractivity contribution < 1.29 is 14.2 Å². The Morgan fingerprint density at radius 3 is 2.76 bits per heavy atom. The summed E-state index contributed by atoms with van der Waals surface area (Å²) in [5.41, 5.74) is 4.12. The van der Waals surface area contributed by atoms with Crippen LogP contribution in [0.5, 0.6) is 11.5 Å². The van der Waals surface area contributed by atoms with E-state index in [2.05, 4.69) is 51.7 Å². The van der Waals surface area contributed by atoms with Gasteiger partial charge in [-0.05, 0) is 37.1 Å². The highest BCUT2D eigenvalue weighted by Crippen LogP contribution is 2.36. The van der Waals surface area contributed by atoms with Gasteiger partial charge in [-0.3, -0.25) is 5.10 Å². The molecule has 8 nitrogen and oxygen atoms in total. The second-order valence-corrected chi connectivity index (χ2v) is 8.33. The third kappa shape index (κ3) is 4.47. The van der Waals surface area contributed by atoms with Gasteiger partial charge in [-0.2, -0.15) is 5.10 Å². The maximum atomic E-state index is 6.07. The van der Waals surface area contributed by atoms with E-state index in [1.165, 1.54) is 0 Å². The minimum atomic E-state index is 0.0212. The highest BCUT2D eigenvalue weighted by molar-refractivity contribution is 5.92. The lowest BCUT2D eigenvalue weighted by Gasteiger charge is -2.26. The van der Waals surface area contributed by atoms with Crippen LogP contribution in [0.1, 0.15) is 24.4 Å². The first kappa shape index (κ1) is 21.2. The highest BCUT2D eigenvalue weighted by Gasteiger charge is 2.21. The summed E-state index contributed by atoms with van der Waals surface area (Å²) >= 11 is 0. The molecule has 3 heterocycles. The molecule has 170 valence electrons. The van der Waals surface area contributed by atoms with Gasteiger partial charge in [-0.1, -0.05) is 18.2 Å². The van der Waals surface area contributed by atoms with Gasteiger partial charge in [0.05, 0.1) is 38.6 Å². The molecule has 2 aromatic carbocycles. The van der Waals surface area contributed by atoms with Crippen molar-refractivity contribution in [1.29, 1.82) is 0 Å². The number of ether oxygens (including phenoxy) is 3. The van der Waals surface area contributed by atoms with E-state index in [1.807, 2.05) is 31.5 Å². The molecule has 0 spiro atoms. The van der Waals surface area contributed by atoms with E-state index in [0.29, 0.717) is 29.8 Å². The molecule has 0 bridgehead atoms. The number of anilines is 1. The van der Waals surface area contributed by atoms with Crippen LogP contribution in [0.2, 0.25) is 0 Å². The van der Waals surface area contributed by atoms with Crippen molar-refractivity contribution in [2.24, 2.45) is 5.92 Å². The minimum absolute atomic E-state index is 0.0212. The lowest BCUT2D eigenvalue weighted by atomic mass is 10.0. The number of hydrogen-bond donors (Lipinski definition) is 2. The zero-order valence-corrected chi connectivity index (χ0v) is 19.0. The predicted molar refractivity (Wildman–Crippen MR) is 127 cm³/mol. The number of methoxy groups -OCH3 is 1. The fourth-order valence-corrected chi connectivity index (χ4v) is 3.91. The highest BCUT2D eigenvalue weighted by atomic mass is 16.5. The number of fused-ring (bicyclic) bond motifs is 1. The Labute approximate surface area is 192 Å². The second-order valence-electron chi connectivity index (χ2n) is 8.33. The van der Waals surface area contributed by atoms with Crippen LogP contribution < -0.4 is 14.8 Å². The molecule has 1 atom stereocenters. The molecule has 1 fully saturated rings. The Morgan fingerprint density at radius 2 is 2.03 bits per heavy atom. The van der Waals surface area contributed by atoms with Gasteiger partial charge in [-0.15, -0.1) is 0 Å². The molecule has 1 aliphatic heterocycles. The molecule has 0 radical (unpaired) electrons. The molecule has 0 saturated carbocycles. The van der Waals surface area contributed by atoms with Crippen LogP contribution in [0.4, 0.5) is 5.82 Å². The number of hydrogen-bond acceptors (Lipinski definition) is 7. The number of aromatic nitrogens is 4. The molecule has 8 heteroatoms. The van der Waals surface area contributed by atoms with E-state index in [0.717, 1.165) is 46.6 Å². The monoisotopic (exact) mass is 445 g/mol. The third-order valence-electron chi connectivity index (χ3n) is 5.85. The van der Waals surface area contributed by atoms with Crippen LogP contribution in [-0.4, -0.2) is 47.1 Å². The van der Waals surface area contributed by atoms with Crippen LogP contribution in [0.25, 0.3) is 22.0 Å². The molecular formula is C25H27N5O3. The third-order valence-corrected chi connectivity index (χ3v) is 5.85. The van der Waals surface area contributed by atoms with Crippen molar-refractivity contribution in [2.45, 2.75) is 19.9 Å². The van der Waals surface area contributed by atoms with Crippen LogP contribution in [0.15, 0.2) is 48.8 Å². The number of H-pyrrole nitrogens is 1. The van der Waals surface area contributed by atoms with Crippen molar-refractivity contribution >= 4 is 16.7 Å². The molecule has 2 aromatic heterocycles. The molecule has 0 aliphatic carbocycles. The number of nitrogens with one attached hydrogen (secondary N) is 2. The number of benzene rings is 2. The van der Waals surface area contributed by atoms with Crippen molar-refractivity contribution in [3.8, 4) is 22.6 Å². The molecule has 0 amide bonds. The SMILES string of the molecule is COc1cc2nc(C)nc(NC(C)c3cccc(-c4cn[nH]c4)c3)c2cc1OCC1COC1. The first-order valence-electron chi connectivity index (χ1n) is 11.0. The molecule has 33 heavy (non-hydrogen) atoms. The molecule has 5 rings (SSSR count). The fourth-order valence-electron chi connectivity index (χ4n) is 3.91. The van der Waals surface area contributed by atoms with E-state index in [9.17, 15) is 0 Å². The van der Waals surface area contributed by atoms with Crippen molar-refractivity contribution in [1.82, 2.24) is 20.2 Å². The summed E-state index contributed by atoms with van der Waals surface area (Å²) in [5, 5.41) is 11.4. The maximum Gasteiger partial charge on any atom is 0.162 e. The molecule has 4 aromatic rings. The van der Waals surface area contributed by atoms with Gasteiger partial charge in [0, 0.05) is 35.2 Å². The molecule has 2 N–H and O–H groups in total. The molecule has 1 aliphatic rings. The summed E-state index contributed by atoms with van der Waals surface area (Å²) in [5.74, 6) is 3.21. The van der Waals surface area contributed by atoms with E-state index in [-0.39, 0.29) is 6.04 Å². The Morgan fingerprint density at radius 1 is 1.15 bits per heavy atom. The van der Waals surface area contributed by atoms with Gasteiger partial charge in [0.1, 0.15) is 11.6 Å². The summed E-state index contributed by atoms with van der Waals surface area (Å²) in [4.78, 5) is 9.32. The van der Waals surface area contributed by atoms with Gasteiger partial charge < -0.3 is 19.5 Å². The summed E-state index contributed by atoms with van der Waals surface area (Å²) in [6, 6.07) is 12.3. The summed E-state index contributed by atoms with van der Waals surface area (Å²) in [6.07, 6.45) is 3.71. The zero-order chi connectivity index (χ0) is 22.8. The van der Waals surface area contributed by atoms with Crippen LogP contribution in [0.3, 0.4) is 0 Å². The first-order valence-corrected chi connectivity index (χ1v) is 11.0. The summed E-state index contributed by atoms with van der Waals surface area (Å²) < 4.78 is 16.9. The predicted octanol–water partition coefficient (Wildman–Crippen LogP) is 4.54. The lowest BCUT2D eigenvalue weighted by molar-refractivity contribution is -0.0510. The van der Waals surface area contributed by atoms with Gasteiger partial charge in [0.15, 0.2) is 11.5 Å². The number of aromatic amines is 1. The first-order chi connectivity index (χ1) is 16.1. The zero-order valence-electron chi connectivity index (χ0n) is 19.0. The Hall–Kier alpha value is -3.65. The van der Waals surface area contributed by atoms with Crippen LogP contribution >= 0.6 is 0 Å². The molecular weight excluding hydrogens is 418 g/mol. The average molecular weight is 446 g/mol. The maximum absolute atomic E-state index is 6.07. The largest absolute Gasteiger partial charge is 0.493 e. The minimum Gasteiger partial charge on any atom is -0.493 e. The number of rotatable bonds is 8. The normalized spacial score (nSPS) is 14.6. The van der Waals surface area contributed by atoms with Crippen LogP contribution in [-0.2, 0) is 4.74 Å². The Kier molecular flexibility index (Phi) is 5.83. The Balaban J connectivity index is 1.46. The smallest absolute Gasteiger partial charge is 0.162 e. The van der Waals surface area contributed by atoms with Crippen molar-refractivity contribution in [3.63, 3.8) is 0 Å². The van der Waals surface area contributed by atoms with Gasteiger partial charge in [0.2, 0.25) is 0 Å². The van der Waals surface area contributed by atoms with Crippen molar-refractivity contribution in [3.05, 3.63) is 60.2 Å². The summed E-state index contributed by atoms with van der Waals surface area (Å²) in [7, 11) is 1.64. The van der Waals surface area contributed by atoms with E-state index < -0.39 is 0 Å². The van der Waals surface area contributed by atoms with Gasteiger partial charge in [-0.25, -0.2) is 9.97 Å². The van der Waals surface area contributed by atoms with Gasteiger partial charge >= 0.3 is 0 Å². The number of aryl methyl sites for hydroxylation is 1. The topological polar surface area (TPSA) is 94.2 Å². The second kappa shape index (κ2) is 9.07. The van der Waals surface area contributed by atoms with E-state index >= 15 is 0 Å². The van der Waals surface area contributed by atoms with Crippen molar-refractivity contribution in [2.75, 3.05) is 32.2 Å². The quantitative estimate of drug-likeness (QED) is 0.411. The van der Waals surface area contributed by atoms with Gasteiger partial charge in [0.25, 0.3) is 0 Å². The lowest BCUT2D eigenvalue weighted by Crippen LogP contribution is -2.32. The Bertz CT molecular complexity index is 1250. The molecule has 1 saturated heterocycles. The number of nitrogens with zero attached hydrogens (tertiary/aromatic N) is 3. The van der Waals surface area contributed by atoms with E-state index in [4.69, 9.17) is 19.2 Å². The van der Waals surface area contributed by atoms with Crippen LogP contribution in [0, 0.1) is 12.8 Å². The van der Waals surface area contributed by atoms with E-state index in [1.54, 1.807) is 7.11 Å². The fraction of sp³-hybridized carbons (Fsp3) is 0.320. The standard InChI is InChI=1S/C25H27N5O3/c1-15(18-5-4-6-19(7-18)20-10-26-27-11-20)28-25-21-8-24(33-14-17-12-32-13-17)23(31-3)9-22(21)29-16(2)30-25/h4-11,15,17H,12-14H2,1-3H3,(H,26,27)(H,28,29,30). The average Bonchev–Trinajstić information content (AvgIpc) is 3.33. The summed E-state index contributed by atoms with van der Waals surface area (Å²) in [6.45, 7) is 6.08. The molecule has 1 unspecified atom stereocenters.